The Kier molecular flexibility index (Phi) is 4.38. The van der Waals surface area contributed by atoms with Gasteiger partial charge in [0.1, 0.15) is 5.82 Å². The third-order valence-electron chi connectivity index (χ3n) is 2.78. The lowest BCUT2D eigenvalue weighted by Gasteiger charge is -2.14. The molecule has 18 heavy (non-hydrogen) atoms. The van der Waals surface area contributed by atoms with Crippen LogP contribution in [0.3, 0.4) is 0 Å². The minimum absolute atomic E-state index is 0.107. The molecule has 0 heterocycles. The molecule has 0 saturated carbocycles. The van der Waals surface area contributed by atoms with Gasteiger partial charge in [-0.2, -0.15) is 0 Å². The van der Waals surface area contributed by atoms with Gasteiger partial charge in [-0.25, -0.2) is 4.39 Å². The Morgan fingerprint density at radius 2 is 1.89 bits per heavy atom. The first-order valence-corrected chi connectivity index (χ1v) is 6.69. The summed E-state index contributed by atoms with van der Waals surface area (Å²) in [5.74, 6) is -0.432. The molecule has 2 rings (SSSR count). The first kappa shape index (κ1) is 13.5. The van der Waals surface area contributed by atoms with E-state index in [1.807, 2.05) is 24.3 Å². The third-order valence-corrected chi connectivity index (χ3v) is 3.84. The number of halogens is 3. The molecule has 2 aromatic rings. The molecule has 0 amide bonds. The maximum Gasteiger partial charge on any atom is 0.146 e. The minimum atomic E-state index is -0.432. The maximum atomic E-state index is 13.8. The fourth-order valence-corrected chi connectivity index (χ4v) is 2.45. The van der Waals surface area contributed by atoms with Gasteiger partial charge in [0, 0.05) is 16.1 Å². The summed E-state index contributed by atoms with van der Waals surface area (Å²) in [6.45, 7) is 0. The SMILES string of the molecule is NC(Cc1ccccc1Br)c1cccc(Cl)c1F. The quantitative estimate of drug-likeness (QED) is 0.883. The first-order valence-electron chi connectivity index (χ1n) is 5.52. The number of hydrogen-bond acceptors (Lipinski definition) is 1. The standard InChI is InChI=1S/C14H12BrClFN/c15-11-6-2-1-4-9(11)8-13(18)10-5-3-7-12(16)14(10)17/h1-7,13H,8,18H2. The zero-order chi connectivity index (χ0) is 13.1. The zero-order valence-corrected chi connectivity index (χ0v) is 11.9. The second kappa shape index (κ2) is 5.83. The lowest BCUT2D eigenvalue weighted by atomic mass is 9.99. The average Bonchev–Trinajstić information content (AvgIpc) is 2.35. The summed E-state index contributed by atoms with van der Waals surface area (Å²) in [5.41, 5.74) is 7.53. The van der Waals surface area contributed by atoms with Crippen molar-refractivity contribution in [3.63, 3.8) is 0 Å². The average molecular weight is 329 g/mol. The van der Waals surface area contributed by atoms with Crippen molar-refractivity contribution in [2.45, 2.75) is 12.5 Å². The zero-order valence-electron chi connectivity index (χ0n) is 9.54. The van der Waals surface area contributed by atoms with Gasteiger partial charge >= 0.3 is 0 Å². The highest BCUT2D eigenvalue weighted by Crippen LogP contribution is 2.26. The summed E-state index contributed by atoms with van der Waals surface area (Å²) in [4.78, 5) is 0. The van der Waals surface area contributed by atoms with E-state index in [0.29, 0.717) is 12.0 Å². The Hall–Kier alpha value is -0.900. The van der Waals surface area contributed by atoms with E-state index in [0.717, 1.165) is 10.0 Å². The molecule has 1 atom stereocenters. The largest absolute Gasteiger partial charge is 0.324 e. The van der Waals surface area contributed by atoms with Gasteiger partial charge in [-0.15, -0.1) is 0 Å². The first-order chi connectivity index (χ1) is 8.59. The highest BCUT2D eigenvalue weighted by atomic mass is 79.9. The van der Waals surface area contributed by atoms with Crippen molar-refractivity contribution < 1.29 is 4.39 Å². The predicted octanol–water partition coefficient (Wildman–Crippen LogP) is 4.48. The lowest BCUT2D eigenvalue weighted by molar-refractivity contribution is 0.580. The topological polar surface area (TPSA) is 26.0 Å². The third kappa shape index (κ3) is 2.91. The van der Waals surface area contributed by atoms with Crippen LogP contribution >= 0.6 is 27.5 Å². The Bertz CT molecular complexity index is 559. The second-order valence-corrected chi connectivity index (χ2v) is 5.31. The molecule has 0 aliphatic rings. The fraction of sp³-hybridized carbons (Fsp3) is 0.143. The molecule has 2 aromatic carbocycles. The van der Waals surface area contributed by atoms with Crippen molar-refractivity contribution in [3.05, 3.63) is 68.9 Å². The molecule has 0 spiro atoms. The molecule has 0 aliphatic heterocycles. The van der Waals surface area contributed by atoms with Gasteiger partial charge in [0.05, 0.1) is 5.02 Å². The van der Waals surface area contributed by atoms with Crippen LogP contribution in [0.5, 0.6) is 0 Å². The van der Waals surface area contributed by atoms with E-state index < -0.39 is 11.9 Å². The van der Waals surface area contributed by atoms with Crippen LogP contribution in [0.15, 0.2) is 46.9 Å². The molecule has 1 nitrogen and oxygen atoms in total. The minimum Gasteiger partial charge on any atom is -0.324 e. The van der Waals surface area contributed by atoms with Gasteiger partial charge in [0.25, 0.3) is 0 Å². The fourth-order valence-electron chi connectivity index (χ4n) is 1.82. The molecule has 0 aliphatic carbocycles. The Morgan fingerprint density at radius 1 is 1.17 bits per heavy atom. The van der Waals surface area contributed by atoms with Crippen LogP contribution in [0.4, 0.5) is 4.39 Å². The van der Waals surface area contributed by atoms with Crippen LogP contribution in [0, 0.1) is 5.82 Å². The molecule has 0 saturated heterocycles. The highest BCUT2D eigenvalue weighted by Gasteiger charge is 2.15. The number of hydrogen-bond donors (Lipinski definition) is 1. The van der Waals surface area contributed by atoms with Crippen LogP contribution < -0.4 is 5.73 Å². The van der Waals surface area contributed by atoms with Gasteiger partial charge in [-0.3, -0.25) is 0 Å². The van der Waals surface area contributed by atoms with Crippen LogP contribution in [0.2, 0.25) is 5.02 Å². The maximum absolute atomic E-state index is 13.8. The van der Waals surface area contributed by atoms with Gasteiger partial charge < -0.3 is 5.73 Å². The van der Waals surface area contributed by atoms with E-state index in [4.69, 9.17) is 17.3 Å². The molecule has 4 heteroatoms. The van der Waals surface area contributed by atoms with Crippen molar-refractivity contribution >= 4 is 27.5 Å². The molecule has 0 radical (unpaired) electrons. The highest BCUT2D eigenvalue weighted by molar-refractivity contribution is 9.10. The number of nitrogens with two attached hydrogens (primary N) is 1. The van der Waals surface area contributed by atoms with Crippen LogP contribution in [-0.2, 0) is 6.42 Å². The van der Waals surface area contributed by atoms with Crippen molar-refractivity contribution in [1.82, 2.24) is 0 Å². The van der Waals surface area contributed by atoms with Gasteiger partial charge in [0.2, 0.25) is 0 Å². The van der Waals surface area contributed by atoms with E-state index in [1.54, 1.807) is 12.1 Å². The summed E-state index contributed by atoms with van der Waals surface area (Å²) < 4.78 is 14.8. The van der Waals surface area contributed by atoms with E-state index in [1.165, 1.54) is 6.07 Å². The van der Waals surface area contributed by atoms with Crippen LogP contribution in [0.1, 0.15) is 17.2 Å². The predicted molar refractivity (Wildman–Crippen MR) is 76.2 cm³/mol. The van der Waals surface area contributed by atoms with Crippen molar-refractivity contribution in [2.75, 3.05) is 0 Å². The molecular weight excluding hydrogens is 317 g/mol. The summed E-state index contributed by atoms with van der Waals surface area (Å²) in [7, 11) is 0. The molecule has 2 N–H and O–H groups in total. The van der Waals surface area contributed by atoms with E-state index in [9.17, 15) is 4.39 Å². The number of rotatable bonds is 3. The molecule has 0 aromatic heterocycles. The van der Waals surface area contributed by atoms with E-state index >= 15 is 0 Å². The monoisotopic (exact) mass is 327 g/mol. The normalized spacial score (nSPS) is 12.4. The van der Waals surface area contributed by atoms with Crippen LogP contribution in [-0.4, -0.2) is 0 Å². The lowest BCUT2D eigenvalue weighted by Crippen LogP contribution is -2.15. The van der Waals surface area contributed by atoms with Crippen molar-refractivity contribution in [3.8, 4) is 0 Å². The van der Waals surface area contributed by atoms with Crippen LogP contribution in [0.25, 0.3) is 0 Å². The number of benzene rings is 2. The summed E-state index contributed by atoms with van der Waals surface area (Å²) in [6.07, 6.45) is 0.554. The van der Waals surface area contributed by atoms with Gasteiger partial charge in [0.15, 0.2) is 0 Å². The summed E-state index contributed by atoms with van der Waals surface area (Å²) in [5, 5.41) is 0.107. The molecule has 1 unspecified atom stereocenters. The van der Waals surface area contributed by atoms with Crippen molar-refractivity contribution in [1.29, 1.82) is 0 Å². The molecule has 0 fully saturated rings. The molecule has 0 bridgehead atoms. The van der Waals surface area contributed by atoms with Gasteiger partial charge in [-0.05, 0) is 24.1 Å². The molecule has 94 valence electrons. The smallest absolute Gasteiger partial charge is 0.146 e. The Balaban J connectivity index is 2.25. The molecular formula is C14H12BrClFN. The van der Waals surface area contributed by atoms with E-state index in [2.05, 4.69) is 15.9 Å². The summed E-state index contributed by atoms with van der Waals surface area (Å²) in [6, 6.07) is 12.3. The van der Waals surface area contributed by atoms with E-state index in [-0.39, 0.29) is 5.02 Å². The second-order valence-electron chi connectivity index (χ2n) is 4.05. The Labute approximate surface area is 119 Å². The van der Waals surface area contributed by atoms with Crippen molar-refractivity contribution in [2.24, 2.45) is 5.73 Å². The van der Waals surface area contributed by atoms with Gasteiger partial charge in [-0.1, -0.05) is 57.9 Å². The Morgan fingerprint density at radius 3 is 2.61 bits per heavy atom. The summed E-state index contributed by atoms with van der Waals surface area (Å²) >= 11 is 9.21.